The van der Waals surface area contributed by atoms with E-state index in [9.17, 15) is 4.79 Å². The van der Waals surface area contributed by atoms with Crippen molar-refractivity contribution >= 4 is 23.6 Å². The van der Waals surface area contributed by atoms with E-state index >= 15 is 0 Å². The first-order valence-corrected chi connectivity index (χ1v) is 4.41. The lowest BCUT2D eigenvalue weighted by molar-refractivity contribution is -0.135. The molecule has 0 fully saturated rings. The second-order valence-electron chi connectivity index (χ2n) is 3.14. The molecule has 0 radical (unpaired) electrons. The maximum atomic E-state index is 10.3. The second-order valence-corrected chi connectivity index (χ2v) is 3.14. The third-order valence-electron chi connectivity index (χ3n) is 1.90. The number of carboxylic acids is 1. The van der Waals surface area contributed by atoms with Crippen LogP contribution in [0.1, 0.15) is 17.7 Å². The Balaban J connectivity index is 2.90. The maximum absolute atomic E-state index is 10.3. The van der Waals surface area contributed by atoms with Crippen LogP contribution in [0, 0.1) is 6.92 Å². The van der Waals surface area contributed by atoms with Gasteiger partial charge in [0.25, 0.3) is 0 Å². The minimum atomic E-state index is -0.875. The molecule has 0 saturated heterocycles. The zero-order valence-corrected chi connectivity index (χ0v) is 8.40. The van der Waals surface area contributed by atoms with Crippen LogP contribution in [0.25, 0.3) is 6.08 Å². The van der Waals surface area contributed by atoms with Gasteiger partial charge in [-0.15, -0.1) is 0 Å². The van der Waals surface area contributed by atoms with E-state index < -0.39 is 5.97 Å². The first kappa shape index (κ1) is 11.0. The van der Waals surface area contributed by atoms with Crippen LogP contribution >= 0.6 is 0 Å². The standard InChI is InChI=1S/C10H13N3O2/c1-6-7(3-2-4-9(14)15)5-8(11)10(12)13-6/h2-3,5H,4,11H2,1H3,(H2,12,13)(H,14,15). The first-order valence-electron chi connectivity index (χ1n) is 4.41. The smallest absolute Gasteiger partial charge is 0.307 e. The Morgan fingerprint density at radius 1 is 1.60 bits per heavy atom. The van der Waals surface area contributed by atoms with E-state index in [4.69, 9.17) is 16.6 Å². The Labute approximate surface area is 87.4 Å². The SMILES string of the molecule is Cc1nc(N)c(N)cc1C=CCC(=O)O. The van der Waals surface area contributed by atoms with E-state index in [1.807, 2.05) is 0 Å². The lowest BCUT2D eigenvalue weighted by Gasteiger charge is -2.04. The van der Waals surface area contributed by atoms with Gasteiger partial charge < -0.3 is 16.6 Å². The number of nitrogen functional groups attached to an aromatic ring is 2. The molecule has 15 heavy (non-hydrogen) atoms. The van der Waals surface area contributed by atoms with Gasteiger partial charge in [0, 0.05) is 5.69 Å². The molecule has 1 aromatic rings. The highest BCUT2D eigenvalue weighted by molar-refractivity contribution is 5.71. The Bertz CT molecular complexity index is 413. The van der Waals surface area contributed by atoms with E-state index in [1.54, 1.807) is 25.1 Å². The number of aryl methyl sites for hydroxylation is 1. The molecule has 5 N–H and O–H groups in total. The molecule has 0 aliphatic rings. The Morgan fingerprint density at radius 3 is 2.87 bits per heavy atom. The summed E-state index contributed by atoms with van der Waals surface area (Å²) in [6, 6.07) is 1.68. The number of aromatic nitrogens is 1. The molecule has 1 rings (SSSR count). The largest absolute Gasteiger partial charge is 0.481 e. The van der Waals surface area contributed by atoms with Gasteiger partial charge in [0.05, 0.1) is 12.1 Å². The van der Waals surface area contributed by atoms with Gasteiger partial charge in [0.2, 0.25) is 0 Å². The van der Waals surface area contributed by atoms with Crippen LogP contribution in [-0.2, 0) is 4.79 Å². The Kier molecular flexibility index (Phi) is 3.28. The number of hydrogen-bond acceptors (Lipinski definition) is 4. The van der Waals surface area contributed by atoms with Crippen molar-refractivity contribution in [3.05, 3.63) is 23.4 Å². The summed E-state index contributed by atoms with van der Waals surface area (Å²) in [6.07, 6.45) is 3.19. The molecule has 0 atom stereocenters. The summed E-state index contributed by atoms with van der Waals surface area (Å²) >= 11 is 0. The van der Waals surface area contributed by atoms with Crippen LogP contribution in [0.5, 0.6) is 0 Å². The highest BCUT2D eigenvalue weighted by Crippen LogP contribution is 2.17. The van der Waals surface area contributed by atoms with E-state index in [1.165, 1.54) is 0 Å². The number of carbonyl (C=O) groups is 1. The molecule has 0 saturated carbocycles. The van der Waals surface area contributed by atoms with Crippen molar-refractivity contribution in [1.29, 1.82) is 0 Å². The number of nitrogens with two attached hydrogens (primary N) is 2. The van der Waals surface area contributed by atoms with Crippen molar-refractivity contribution in [1.82, 2.24) is 4.98 Å². The number of aliphatic carboxylic acids is 1. The van der Waals surface area contributed by atoms with E-state index in [0.717, 1.165) is 11.3 Å². The lowest BCUT2D eigenvalue weighted by Crippen LogP contribution is -2.00. The highest BCUT2D eigenvalue weighted by Gasteiger charge is 2.01. The van der Waals surface area contributed by atoms with Gasteiger partial charge in [0.15, 0.2) is 0 Å². The molecule has 0 aromatic carbocycles. The highest BCUT2D eigenvalue weighted by atomic mass is 16.4. The molecule has 0 amide bonds. The third-order valence-corrected chi connectivity index (χ3v) is 1.90. The number of rotatable bonds is 3. The van der Waals surface area contributed by atoms with Crippen molar-refractivity contribution in [2.45, 2.75) is 13.3 Å². The molecule has 1 aromatic heterocycles. The van der Waals surface area contributed by atoms with Gasteiger partial charge in [-0.25, -0.2) is 4.98 Å². The molecule has 0 unspecified atom stereocenters. The fraction of sp³-hybridized carbons (Fsp3) is 0.200. The monoisotopic (exact) mass is 207 g/mol. The summed E-state index contributed by atoms with van der Waals surface area (Å²) in [7, 11) is 0. The molecule has 5 nitrogen and oxygen atoms in total. The summed E-state index contributed by atoms with van der Waals surface area (Å²) in [6.45, 7) is 1.79. The molecule has 0 aliphatic heterocycles. The molecule has 0 aliphatic carbocycles. The molecule has 1 heterocycles. The van der Waals surface area contributed by atoms with Crippen LogP contribution in [-0.4, -0.2) is 16.1 Å². The maximum Gasteiger partial charge on any atom is 0.307 e. The van der Waals surface area contributed by atoms with Crippen molar-refractivity contribution in [3.63, 3.8) is 0 Å². The van der Waals surface area contributed by atoms with Crippen LogP contribution in [0.4, 0.5) is 11.5 Å². The average Bonchev–Trinajstić information content (AvgIpc) is 2.13. The van der Waals surface area contributed by atoms with E-state index in [2.05, 4.69) is 4.98 Å². The van der Waals surface area contributed by atoms with Crippen LogP contribution in [0.2, 0.25) is 0 Å². The minimum absolute atomic E-state index is 0.0241. The normalized spacial score (nSPS) is 10.7. The third kappa shape index (κ3) is 2.98. The number of nitrogens with zero attached hydrogens (tertiary/aromatic N) is 1. The summed E-state index contributed by atoms with van der Waals surface area (Å²) in [5.41, 5.74) is 13.0. The van der Waals surface area contributed by atoms with E-state index in [0.29, 0.717) is 11.5 Å². The van der Waals surface area contributed by atoms with Crippen molar-refractivity contribution < 1.29 is 9.90 Å². The van der Waals surface area contributed by atoms with E-state index in [-0.39, 0.29) is 6.42 Å². The van der Waals surface area contributed by atoms with Crippen LogP contribution in [0.15, 0.2) is 12.1 Å². The molecule has 80 valence electrons. The Morgan fingerprint density at radius 2 is 2.27 bits per heavy atom. The number of carboxylic acid groups (broad SMARTS) is 1. The van der Waals surface area contributed by atoms with Crippen molar-refractivity contribution in [2.24, 2.45) is 0 Å². The fourth-order valence-electron chi connectivity index (χ4n) is 1.11. The number of anilines is 2. The summed E-state index contributed by atoms with van der Waals surface area (Å²) in [5, 5.41) is 8.45. The lowest BCUT2D eigenvalue weighted by atomic mass is 10.1. The number of pyridine rings is 1. The Hall–Kier alpha value is -2.04. The number of hydrogen-bond donors (Lipinski definition) is 3. The zero-order chi connectivity index (χ0) is 11.4. The molecular formula is C10H13N3O2. The molecular weight excluding hydrogens is 194 g/mol. The first-order chi connectivity index (χ1) is 7.00. The van der Waals surface area contributed by atoms with Crippen LogP contribution < -0.4 is 11.5 Å². The quantitative estimate of drug-likeness (QED) is 0.687. The fourth-order valence-corrected chi connectivity index (χ4v) is 1.11. The predicted molar refractivity (Wildman–Crippen MR) is 59.1 cm³/mol. The molecule has 0 spiro atoms. The van der Waals surface area contributed by atoms with Crippen LogP contribution in [0.3, 0.4) is 0 Å². The summed E-state index contributed by atoms with van der Waals surface area (Å²) in [4.78, 5) is 14.3. The second kappa shape index (κ2) is 4.45. The van der Waals surface area contributed by atoms with Gasteiger partial charge in [-0.3, -0.25) is 4.79 Å². The van der Waals surface area contributed by atoms with Crippen molar-refractivity contribution in [3.8, 4) is 0 Å². The topological polar surface area (TPSA) is 102 Å². The van der Waals surface area contributed by atoms with Gasteiger partial charge in [-0.2, -0.15) is 0 Å². The minimum Gasteiger partial charge on any atom is -0.481 e. The zero-order valence-electron chi connectivity index (χ0n) is 8.40. The predicted octanol–water partition coefficient (Wildman–Crippen LogP) is 1.04. The van der Waals surface area contributed by atoms with Crippen molar-refractivity contribution in [2.75, 3.05) is 11.5 Å². The molecule has 0 bridgehead atoms. The molecule has 5 heteroatoms. The van der Waals surface area contributed by atoms with Gasteiger partial charge in [0.1, 0.15) is 5.82 Å². The van der Waals surface area contributed by atoms with Gasteiger partial charge >= 0.3 is 5.97 Å². The average molecular weight is 207 g/mol. The summed E-state index contributed by atoms with van der Waals surface area (Å²) in [5.74, 6) is -0.580. The summed E-state index contributed by atoms with van der Waals surface area (Å²) < 4.78 is 0. The van der Waals surface area contributed by atoms with Gasteiger partial charge in [-0.1, -0.05) is 12.2 Å². The van der Waals surface area contributed by atoms with Gasteiger partial charge in [-0.05, 0) is 18.6 Å².